The molecule has 3 heterocycles. The van der Waals surface area contributed by atoms with Crippen molar-refractivity contribution in [3.05, 3.63) is 59.1 Å². The lowest BCUT2D eigenvalue weighted by atomic mass is 10.1. The zero-order chi connectivity index (χ0) is 19.8. The predicted molar refractivity (Wildman–Crippen MR) is 114 cm³/mol. The van der Waals surface area contributed by atoms with Gasteiger partial charge in [-0.2, -0.15) is 4.98 Å². The fourth-order valence-electron chi connectivity index (χ4n) is 3.94. The number of fused-ring (bicyclic) bond motifs is 1. The van der Waals surface area contributed by atoms with Gasteiger partial charge in [-0.3, -0.25) is 0 Å². The number of anilines is 3. The van der Waals surface area contributed by atoms with Crippen molar-refractivity contribution in [2.45, 2.75) is 6.42 Å². The van der Waals surface area contributed by atoms with Crippen LogP contribution in [0, 0.1) is 0 Å². The van der Waals surface area contributed by atoms with Crippen molar-refractivity contribution in [3.63, 3.8) is 0 Å². The topological polar surface area (TPSA) is 61.7 Å². The number of phenolic OH excluding ortho intramolecular Hbond substituents is 1. The van der Waals surface area contributed by atoms with Gasteiger partial charge in [0.05, 0.1) is 18.9 Å². The molecule has 29 heavy (non-hydrogen) atoms. The summed E-state index contributed by atoms with van der Waals surface area (Å²) in [6.45, 7) is 3.66. The molecule has 0 amide bonds. The number of morpholine rings is 1. The van der Waals surface area contributed by atoms with E-state index in [1.54, 1.807) is 12.1 Å². The van der Waals surface area contributed by atoms with E-state index in [0.29, 0.717) is 24.2 Å². The van der Waals surface area contributed by atoms with Gasteiger partial charge in [0, 0.05) is 41.5 Å². The summed E-state index contributed by atoms with van der Waals surface area (Å²) in [5, 5.41) is 10.7. The van der Waals surface area contributed by atoms with Crippen LogP contribution >= 0.6 is 11.6 Å². The summed E-state index contributed by atoms with van der Waals surface area (Å²) in [4.78, 5) is 14.2. The molecule has 0 unspecified atom stereocenters. The Morgan fingerprint density at radius 3 is 2.59 bits per heavy atom. The van der Waals surface area contributed by atoms with Crippen LogP contribution in [0.25, 0.3) is 11.3 Å². The van der Waals surface area contributed by atoms with Crippen molar-refractivity contribution < 1.29 is 9.84 Å². The molecule has 5 rings (SSSR count). The van der Waals surface area contributed by atoms with E-state index in [-0.39, 0.29) is 5.75 Å². The molecule has 6 nitrogen and oxygen atoms in total. The number of aromatic hydroxyl groups is 1. The van der Waals surface area contributed by atoms with Crippen molar-refractivity contribution >= 4 is 29.1 Å². The number of rotatable bonds is 3. The van der Waals surface area contributed by atoms with Gasteiger partial charge in [0.2, 0.25) is 5.95 Å². The lowest BCUT2D eigenvalue weighted by Gasteiger charge is -2.28. The molecule has 1 fully saturated rings. The first kappa shape index (κ1) is 18.2. The van der Waals surface area contributed by atoms with Gasteiger partial charge in [-0.25, -0.2) is 4.98 Å². The zero-order valence-corrected chi connectivity index (χ0v) is 16.6. The normalized spacial score (nSPS) is 16.2. The number of ether oxygens (including phenoxy) is 1. The average molecular weight is 409 g/mol. The lowest BCUT2D eigenvalue weighted by Crippen LogP contribution is -2.37. The van der Waals surface area contributed by atoms with Crippen LogP contribution < -0.4 is 9.80 Å². The van der Waals surface area contributed by atoms with Gasteiger partial charge in [-0.1, -0.05) is 29.8 Å². The van der Waals surface area contributed by atoms with E-state index in [4.69, 9.17) is 26.3 Å². The summed E-state index contributed by atoms with van der Waals surface area (Å²) >= 11 is 6.24. The highest BCUT2D eigenvalue weighted by molar-refractivity contribution is 6.30. The monoisotopic (exact) mass is 408 g/mol. The minimum atomic E-state index is 0.229. The van der Waals surface area contributed by atoms with E-state index in [1.165, 1.54) is 0 Å². The van der Waals surface area contributed by atoms with Crippen molar-refractivity contribution in [1.29, 1.82) is 0 Å². The van der Waals surface area contributed by atoms with Crippen LogP contribution in [0.15, 0.2) is 48.5 Å². The third-order valence-electron chi connectivity index (χ3n) is 5.35. The fraction of sp³-hybridized carbons (Fsp3) is 0.273. The van der Waals surface area contributed by atoms with Crippen molar-refractivity contribution in [1.82, 2.24) is 9.97 Å². The third kappa shape index (κ3) is 3.50. The molecule has 1 saturated heterocycles. The van der Waals surface area contributed by atoms with Crippen LogP contribution in [-0.2, 0) is 11.2 Å². The summed E-state index contributed by atoms with van der Waals surface area (Å²) in [6.07, 6.45) is 0.830. The minimum absolute atomic E-state index is 0.229. The van der Waals surface area contributed by atoms with Gasteiger partial charge < -0.3 is 19.6 Å². The Hall–Kier alpha value is -2.83. The number of nitrogens with zero attached hydrogens (tertiary/aromatic N) is 4. The Balaban J connectivity index is 1.66. The summed E-state index contributed by atoms with van der Waals surface area (Å²) in [5.74, 6) is 1.83. The summed E-state index contributed by atoms with van der Waals surface area (Å²) in [7, 11) is 0. The molecule has 0 spiro atoms. The van der Waals surface area contributed by atoms with Crippen molar-refractivity contribution in [2.24, 2.45) is 0 Å². The molecule has 7 heteroatoms. The molecule has 1 aromatic heterocycles. The number of benzene rings is 2. The first-order valence-corrected chi connectivity index (χ1v) is 10.1. The maximum absolute atomic E-state index is 10.0. The van der Waals surface area contributed by atoms with Gasteiger partial charge >= 0.3 is 0 Å². The van der Waals surface area contributed by atoms with E-state index in [1.807, 2.05) is 36.4 Å². The second-order valence-corrected chi connectivity index (χ2v) is 7.64. The number of halogens is 1. The Morgan fingerprint density at radius 1 is 0.966 bits per heavy atom. The molecule has 0 saturated carbocycles. The van der Waals surface area contributed by atoms with Gasteiger partial charge in [-0.05, 0) is 36.8 Å². The highest BCUT2D eigenvalue weighted by Gasteiger charge is 2.29. The number of hydrogen-bond acceptors (Lipinski definition) is 6. The number of hydrogen-bond donors (Lipinski definition) is 1. The van der Waals surface area contributed by atoms with Crippen LogP contribution in [0.3, 0.4) is 0 Å². The van der Waals surface area contributed by atoms with Gasteiger partial charge in [0.1, 0.15) is 11.6 Å². The molecule has 2 aliphatic heterocycles. The smallest absolute Gasteiger partial charge is 0.228 e. The maximum Gasteiger partial charge on any atom is 0.228 e. The molecule has 0 radical (unpaired) electrons. The quantitative estimate of drug-likeness (QED) is 0.705. The van der Waals surface area contributed by atoms with E-state index in [9.17, 15) is 5.11 Å². The van der Waals surface area contributed by atoms with Crippen LogP contribution in [0.4, 0.5) is 17.5 Å². The highest BCUT2D eigenvalue weighted by atomic mass is 35.5. The largest absolute Gasteiger partial charge is 0.508 e. The SMILES string of the molecule is Oc1cccc(-c2nc(N3CCOCC3)nc3c2CCN3c2cccc(Cl)c2)c1. The predicted octanol–water partition coefficient (Wildman–Crippen LogP) is 4.03. The molecule has 148 valence electrons. The molecular weight excluding hydrogens is 388 g/mol. The number of aromatic nitrogens is 2. The summed E-state index contributed by atoms with van der Waals surface area (Å²) in [6, 6.07) is 15.1. The zero-order valence-electron chi connectivity index (χ0n) is 15.9. The molecule has 2 aliphatic rings. The van der Waals surface area contributed by atoms with E-state index in [0.717, 1.165) is 54.4 Å². The van der Waals surface area contributed by atoms with Crippen molar-refractivity contribution in [2.75, 3.05) is 42.6 Å². The van der Waals surface area contributed by atoms with E-state index >= 15 is 0 Å². The third-order valence-corrected chi connectivity index (χ3v) is 5.58. The fourth-order valence-corrected chi connectivity index (χ4v) is 4.12. The Morgan fingerprint density at radius 2 is 1.79 bits per heavy atom. The second kappa shape index (κ2) is 7.54. The van der Waals surface area contributed by atoms with Crippen LogP contribution in [0.2, 0.25) is 5.02 Å². The molecule has 2 aromatic carbocycles. The summed E-state index contributed by atoms with van der Waals surface area (Å²) < 4.78 is 5.49. The van der Waals surface area contributed by atoms with Crippen LogP contribution in [-0.4, -0.2) is 47.9 Å². The Bertz CT molecular complexity index is 1050. The lowest BCUT2D eigenvalue weighted by molar-refractivity contribution is 0.122. The molecule has 0 aliphatic carbocycles. The van der Waals surface area contributed by atoms with Gasteiger partial charge in [0.25, 0.3) is 0 Å². The van der Waals surface area contributed by atoms with Crippen LogP contribution in [0.1, 0.15) is 5.56 Å². The van der Waals surface area contributed by atoms with E-state index < -0.39 is 0 Å². The first-order chi connectivity index (χ1) is 14.2. The van der Waals surface area contributed by atoms with Gasteiger partial charge in [0.15, 0.2) is 0 Å². The van der Waals surface area contributed by atoms with Gasteiger partial charge in [-0.15, -0.1) is 0 Å². The highest BCUT2D eigenvalue weighted by Crippen LogP contribution is 2.40. The standard InChI is InChI=1S/C22H21ClN4O2/c23-16-4-2-5-17(14-16)27-8-7-19-20(15-3-1-6-18(28)13-15)24-22(25-21(19)27)26-9-11-29-12-10-26/h1-6,13-14,28H,7-12H2. The first-order valence-electron chi connectivity index (χ1n) is 9.75. The molecule has 0 bridgehead atoms. The molecule has 0 atom stereocenters. The molecule has 1 N–H and O–H groups in total. The van der Waals surface area contributed by atoms with E-state index in [2.05, 4.69) is 9.80 Å². The minimum Gasteiger partial charge on any atom is -0.508 e. The van der Waals surface area contributed by atoms with Crippen LogP contribution in [0.5, 0.6) is 5.75 Å². The summed E-state index contributed by atoms with van der Waals surface area (Å²) in [5.41, 5.74) is 3.88. The number of phenols is 1. The molecule has 3 aromatic rings. The molecular formula is C22H21ClN4O2. The average Bonchev–Trinajstić information content (AvgIpc) is 3.18. The maximum atomic E-state index is 10.0. The second-order valence-electron chi connectivity index (χ2n) is 7.21. The van der Waals surface area contributed by atoms with Crippen molar-refractivity contribution in [3.8, 4) is 17.0 Å². The Kier molecular flexibility index (Phi) is 4.73. The Labute approximate surface area is 174 Å².